The van der Waals surface area contributed by atoms with E-state index in [1.54, 1.807) is 6.07 Å². The summed E-state index contributed by atoms with van der Waals surface area (Å²) in [5.41, 5.74) is 5.13. The van der Waals surface area contributed by atoms with E-state index in [1.165, 1.54) is 12.7 Å². The van der Waals surface area contributed by atoms with Gasteiger partial charge in [0.2, 0.25) is 5.91 Å². The second kappa shape index (κ2) is 9.37. The molecule has 0 radical (unpaired) electrons. The number of nitrogens with zero attached hydrogens (tertiary/aromatic N) is 3. The summed E-state index contributed by atoms with van der Waals surface area (Å²) in [4.78, 5) is 35.2. The molecule has 1 saturated heterocycles. The summed E-state index contributed by atoms with van der Waals surface area (Å²) in [6.45, 7) is 6.50. The van der Waals surface area contributed by atoms with Crippen LogP contribution in [0.2, 0.25) is 0 Å². The molecular weight excluding hydrogens is 416 g/mol. The van der Waals surface area contributed by atoms with Gasteiger partial charge in [-0.2, -0.15) is 0 Å². The van der Waals surface area contributed by atoms with Crippen molar-refractivity contribution in [2.75, 3.05) is 46.4 Å². The van der Waals surface area contributed by atoms with Crippen molar-refractivity contribution in [3.05, 3.63) is 70.9 Å². The maximum atomic E-state index is 13.1. The van der Waals surface area contributed by atoms with Crippen LogP contribution in [-0.4, -0.2) is 77.9 Å². The number of hydrogen-bond acceptors (Lipinski definition) is 5. The third-order valence-corrected chi connectivity index (χ3v) is 6.82. The van der Waals surface area contributed by atoms with Crippen LogP contribution in [0.15, 0.2) is 48.5 Å². The number of amides is 1. The Hall–Kier alpha value is -3.16. The fourth-order valence-electron chi connectivity index (χ4n) is 4.91. The molecule has 0 spiro atoms. The normalized spacial score (nSPS) is 17.2. The van der Waals surface area contributed by atoms with E-state index in [1.807, 2.05) is 23.1 Å². The van der Waals surface area contributed by atoms with Gasteiger partial charge in [0.05, 0.1) is 19.2 Å². The van der Waals surface area contributed by atoms with Crippen molar-refractivity contribution in [2.24, 2.45) is 0 Å². The number of rotatable bonds is 5. The summed E-state index contributed by atoms with van der Waals surface area (Å²) >= 11 is 0. The first kappa shape index (κ1) is 21.7. The molecule has 1 aromatic heterocycles. The van der Waals surface area contributed by atoms with Crippen molar-refractivity contribution < 1.29 is 14.3 Å². The van der Waals surface area contributed by atoms with Crippen molar-refractivity contribution >= 4 is 22.8 Å². The summed E-state index contributed by atoms with van der Waals surface area (Å²) in [5.74, 6) is -0.169. The minimum absolute atomic E-state index is 0.177. The maximum Gasteiger partial charge on any atom is 0.337 e. The lowest BCUT2D eigenvalue weighted by Gasteiger charge is -2.36. The molecule has 1 amide bonds. The first-order valence-corrected chi connectivity index (χ1v) is 11.6. The highest BCUT2D eigenvalue weighted by atomic mass is 16.5. The molecule has 5 rings (SSSR count). The number of benzene rings is 2. The number of esters is 1. The molecule has 172 valence electrons. The number of fused-ring (bicyclic) bond motifs is 3. The summed E-state index contributed by atoms with van der Waals surface area (Å²) in [6, 6.07) is 16.1. The SMILES string of the molecule is COC(=O)c1ccc2[nH]c3c(c2c1)CN(C(=O)CN1CCN(Cc2ccccc2)CC1)CC3. The Morgan fingerprint density at radius 2 is 1.73 bits per heavy atom. The number of aromatic nitrogens is 1. The molecule has 1 fully saturated rings. The first-order chi connectivity index (χ1) is 16.1. The van der Waals surface area contributed by atoms with Crippen molar-refractivity contribution in [3.63, 3.8) is 0 Å². The second-order valence-corrected chi connectivity index (χ2v) is 8.94. The largest absolute Gasteiger partial charge is 0.465 e. The van der Waals surface area contributed by atoms with Gasteiger partial charge in [0.25, 0.3) is 0 Å². The Morgan fingerprint density at radius 3 is 2.48 bits per heavy atom. The highest BCUT2D eigenvalue weighted by molar-refractivity contribution is 5.96. The first-order valence-electron chi connectivity index (χ1n) is 11.6. The topological polar surface area (TPSA) is 68.9 Å². The Bertz CT molecular complexity index is 1150. The van der Waals surface area contributed by atoms with Crippen molar-refractivity contribution in [1.29, 1.82) is 0 Å². The monoisotopic (exact) mass is 446 g/mol. The number of methoxy groups -OCH3 is 1. The van der Waals surface area contributed by atoms with Gasteiger partial charge in [-0.25, -0.2) is 4.79 Å². The molecule has 0 bridgehead atoms. The van der Waals surface area contributed by atoms with E-state index in [-0.39, 0.29) is 11.9 Å². The lowest BCUT2D eigenvalue weighted by Crippen LogP contribution is -2.50. The molecule has 2 aliphatic heterocycles. The van der Waals surface area contributed by atoms with E-state index in [2.05, 4.69) is 39.0 Å². The Labute approximate surface area is 193 Å². The average Bonchev–Trinajstić information content (AvgIpc) is 3.22. The van der Waals surface area contributed by atoms with Gasteiger partial charge in [-0.05, 0) is 23.8 Å². The van der Waals surface area contributed by atoms with Gasteiger partial charge in [0, 0.05) is 74.4 Å². The summed E-state index contributed by atoms with van der Waals surface area (Å²) in [7, 11) is 1.39. The summed E-state index contributed by atoms with van der Waals surface area (Å²) < 4.78 is 4.87. The Morgan fingerprint density at radius 1 is 0.970 bits per heavy atom. The minimum atomic E-state index is -0.345. The molecule has 3 heterocycles. The zero-order chi connectivity index (χ0) is 22.8. The fraction of sp³-hybridized carbons (Fsp3) is 0.385. The third kappa shape index (κ3) is 4.65. The minimum Gasteiger partial charge on any atom is -0.465 e. The number of ether oxygens (including phenoxy) is 1. The van der Waals surface area contributed by atoms with Crippen LogP contribution in [-0.2, 0) is 29.0 Å². The van der Waals surface area contributed by atoms with Gasteiger partial charge in [-0.3, -0.25) is 14.6 Å². The molecule has 0 saturated carbocycles. The molecule has 0 aliphatic carbocycles. The van der Waals surface area contributed by atoms with E-state index in [0.717, 1.165) is 67.8 Å². The van der Waals surface area contributed by atoms with E-state index < -0.39 is 0 Å². The van der Waals surface area contributed by atoms with E-state index in [4.69, 9.17) is 4.74 Å². The number of carbonyl (C=O) groups excluding carboxylic acids is 2. The van der Waals surface area contributed by atoms with E-state index in [9.17, 15) is 9.59 Å². The van der Waals surface area contributed by atoms with E-state index >= 15 is 0 Å². The van der Waals surface area contributed by atoms with Crippen LogP contribution in [0.5, 0.6) is 0 Å². The molecule has 2 aliphatic rings. The molecule has 7 heteroatoms. The van der Waals surface area contributed by atoms with Gasteiger partial charge in [0.1, 0.15) is 0 Å². The zero-order valence-corrected chi connectivity index (χ0v) is 19.0. The smallest absolute Gasteiger partial charge is 0.337 e. The van der Waals surface area contributed by atoms with Crippen LogP contribution in [0, 0.1) is 0 Å². The number of piperazine rings is 1. The second-order valence-electron chi connectivity index (χ2n) is 8.94. The molecule has 33 heavy (non-hydrogen) atoms. The van der Waals surface area contributed by atoms with Gasteiger partial charge in [-0.1, -0.05) is 30.3 Å². The summed E-state index contributed by atoms with van der Waals surface area (Å²) in [6.07, 6.45) is 0.800. The van der Waals surface area contributed by atoms with Crippen LogP contribution >= 0.6 is 0 Å². The van der Waals surface area contributed by atoms with Gasteiger partial charge < -0.3 is 14.6 Å². The molecule has 2 aromatic carbocycles. The fourth-order valence-corrected chi connectivity index (χ4v) is 4.91. The van der Waals surface area contributed by atoms with Gasteiger partial charge >= 0.3 is 5.97 Å². The predicted molar refractivity (Wildman–Crippen MR) is 127 cm³/mol. The highest BCUT2D eigenvalue weighted by Crippen LogP contribution is 2.29. The van der Waals surface area contributed by atoms with E-state index in [0.29, 0.717) is 18.7 Å². The van der Waals surface area contributed by atoms with Gasteiger partial charge in [0.15, 0.2) is 0 Å². The van der Waals surface area contributed by atoms with Crippen LogP contribution < -0.4 is 0 Å². The molecule has 3 aromatic rings. The van der Waals surface area contributed by atoms with Crippen molar-refractivity contribution in [3.8, 4) is 0 Å². The van der Waals surface area contributed by atoms with Gasteiger partial charge in [-0.15, -0.1) is 0 Å². The molecule has 7 nitrogen and oxygen atoms in total. The molecular formula is C26H30N4O3. The summed E-state index contributed by atoms with van der Waals surface area (Å²) in [5, 5.41) is 1.000. The quantitative estimate of drug-likeness (QED) is 0.611. The number of nitrogens with one attached hydrogen (secondary N) is 1. The van der Waals surface area contributed by atoms with Crippen LogP contribution in [0.25, 0.3) is 10.9 Å². The number of aromatic amines is 1. The predicted octanol–water partition coefficient (Wildman–Crippen LogP) is 2.66. The average molecular weight is 447 g/mol. The molecule has 0 unspecified atom stereocenters. The highest BCUT2D eigenvalue weighted by Gasteiger charge is 2.27. The van der Waals surface area contributed by atoms with Crippen molar-refractivity contribution in [1.82, 2.24) is 19.7 Å². The molecule has 1 N–H and O–H groups in total. The van der Waals surface area contributed by atoms with Crippen LogP contribution in [0.4, 0.5) is 0 Å². The molecule has 0 atom stereocenters. The zero-order valence-electron chi connectivity index (χ0n) is 19.0. The number of carbonyl (C=O) groups is 2. The van der Waals surface area contributed by atoms with Crippen LogP contribution in [0.1, 0.15) is 27.2 Å². The lowest BCUT2D eigenvalue weighted by molar-refractivity contribution is -0.133. The van der Waals surface area contributed by atoms with Crippen molar-refractivity contribution in [2.45, 2.75) is 19.5 Å². The third-order valence-electron chi connectivity index (χ3n) is 6.82. The maximum absolute atomic E-state index is 13.1. The number of H-pyrrole nitrogens is 1. The number of hydrogen-bond donors (Lipinski definition) is 1. The standard InChI is InChI=1S/C26H30N4O3/c1-33-26(32)20-7-8-23-21(15-20)22-17-30(10-9-24(22)27-23)25(31)18-29-13-11-28(12-14-29)16-19-5-3-2-4-6-19/h2-8,15,27H,9-14,16-18H2,1H3. The Balaban J connectivity index is 1.19. The Kier molecular flexibility index (Phi) is 6.15. The van der Waals surface area contributed by atoms with Crippen LogP contribution in [0.3, 0.4) is 0 Å². The lowest BCUT2D eigenvalue weighted by atomic mass is 10.0.